The fourth-order valence-corrected chi connectivity index (χ4v) is 9.65. The molecule has 0 aromatic heterocycles. The molecular formula is C59H58Cl2Zr-2. The molecule has 0 atom stereocenters. The van der Waals surface area contributed by atoms with Crippen LogP contribution < -0.4 is 24.8 Å². The van der Waals surface area contributed by atoms with Gasteiger partial charge in [-0.25, -0.2) is 12.1 Å². The molecule has 0 bridgehead atoms. The van der Waals surface area contributed by atoms with Crippen LogP contribution in [-0.2, 0) is 49.9 Å². The van der Waals surface area contributed by atoms with Crippen molar-refractivity contribution in [3.8, 4) is 44.5 Å². The maximum Gasteiger partial charge on any atom is 4.00 e. The standard InChI is InChI=1S/C52H47.C5H5.2CH3.2ClH.Zr/c1-51(2,3)45-29-27-39-37-23-15-13-21-35(37)31-43(39)48(45)42-26-25-41(47(33-17-9-7-10-18-33)34-19-11-8-12-20-34)49(42)50-44-32-36-22-14-16-24-38(36)40(44)28-30-46(50)52(4,5)6;1-2-4-5-3-1;;;;;/h7-30,47H,31-32H2,1-6H3;1-5H;2*1H3;2*1H;/q4*-1;;;+4/p-2. The van der Waals surface area contributed by atoms with Gasteiger partial charge in [0.1, 0.15) is 0 Å². The van der Waals surface area contributed by atoms with E-state index in [0.717, 1.165) is 12.8 Å². The molecular weight excluding hydrogens is 871 g/mol. The van der Waals surface area contributed by atoms with Crippen molar-refractivity contribution in [2.24, 2.45) is 0 Å². The average Bonchev–Trinajstić information content (AvgIpc) is 4.04. The van der Waals surface area contributed by atoms with E-state index in [9.17, 15) is 0 Å². The van der Waals surface area contributed by atoms with Crippen molar-refractivity contribution in [3.63, 3.8) is 0 Å². The van der Waals surface area contributed by atoms with Gasteiger partial charge in [0, 0.05) is 5.92 Å². The first-order valence-corrected chi connectivity index (χ1v) is 20.7. The van der Waals surface area contributed by atoms with E-state index in [0.29, 0.717) is 0 Å². The van der Waals surface area contributed by atoms with E-state index < -0.39 is 0 Å². The van der Waals surface area contributed by atoms with Crippen molar-refractivity contribution in [3.05, 3.63) is 241 Å². The molecule has 0 aliphatic heterocycles. The van der Waals surface area contributed by atoms with Crippen molar-refractivity contribution in [1.82, 2.24) is 0 Å². The molecule has 0 nitrogen and oxygen atoms in total. The summed E-state index contributed by atoms with van der Waals surface area (Å²) in [4.78, 5) is 0. The molecule has 0 saturated carbocycles. The molecule has 3 heteroatoms. The maximum atomic E-state index is 2.49. The summed E-state index contributed by atoms with van der Waals surface area (Å²) in [5, 5.41) is 0. The Morgan fingerprint density at radius 3 is 1.42 bits per heavy atom. The molecule has 0 radical (unpaired) electrons. The van der Waals surface area contributed by atoms with Gasteiger partial charge in [-0.1, -0.05) is 220 Å². The number of hydrogen-bond acceptors (Lipinski definition) is 0. The third-order valence-corrected chi connectivity index (χ3v) is 12.2. The van der Waals surface area contributed by atoms with Gasteiger partial charge in [0.05, 0.1) is 0 Å². The smallest absolute Gasteiger partial charge is 1.00 e. The van der Waals surface area contributed by atoms with Gasteiger partial charge < -0.3 is 39.7 Å². The minimum absolute atomic E-state index is 0. The fraction of sp³-hybridized carbons (Fsp3) is 0.186. The van der Waals surface area contributed by atoms with Crippen molar-refractivity contribution in [1.29, 1.82) is 0 Å². The van der Waals surface area contributed by atoms with Crippen molar-refractivity contribution >= 4 is 0 Å². The first kappa shape index (κ1) is 50.1. The topological polar surface area (TPSA) is 0 Å². The van der Waals surface area contributed by atoms with E-state index in [4.69, 9.17) is 0 Å². The summed E-state index contributed by atoms with van der Waals surface area (Å²) < 4.78 is 0. The third kappa shape index (κ3) is 9.24. The summed E-state index contributed by atoms with van der Waals surface area (Å²) in [6, 6.07) is 65.2. The molecule has 2 aliphatic rings. The van der Waals surface area contributed by atoms with Gasteiger partial charge in [-0.3, -0.25) is 0 Å². The van der Waals surface area contributed by atoms with Crippen LogP contribution in [0.1, 0.15) is 97.5 Å². The molecule has 10 rings (SSSR count). The molecule has 0 amide bonds. The quantitative estimate of drug-likeness (QED) is 0.151. The zero-order chi connectivity index (χ0) is 39.3. The van der Waals surface area contributed by atoms with E-state index in [1.54, 1.807) is 0 Å². The van der Waals surface area contributed by atoms with Crippen LogP contribution in [0.25, 0.3) is 44.5 Å². The van der Waals surface area contributed by atoms with Gasteiger partial charge in [-0.05, 0) is 68.2 Å². The zero-order valence-corrected chi connectivity index (χ0v) is 41.5. The van der Waals surface area contributed by atoms with Crippen LogP contribution in [0.15, 0.2) is 176 Å². The van der Waals surface area contributed by atoms with E-state index in [-0.39, 0.29) is 82.6 Å². The predicted molar refractivity (Wildman–Crippen MR) is 255 cm³/mol. The Hall–Kier alpha value is -4.52. The van der Waals surface area contributed by atoms with Gasteiger partial charge in [0.25, 0.3) is 0 Å². The molecule has 0 fully saturated rings. The molecule has 0 spiro atoms. The second-order valence-corrected chi connectivity index (χ2v) is 18.0. The minimum atomic E-state index is -0.0678. The Balaban J connectivity index is 0.000000791. The number of benzene rings is 6. The van der Waals surface area contributed by atoms with Crippen LogP contribution in [0.4, 0.5) is 0 Å². The third-order valence-electron chi connectivity index (χ3n) is 12.2. The molecule has 62 heavy (non-hydrogen) atoms. The van der Waals surface area contributed by atoms with Gasteiger partial charge >= 0.3 is 26.2 Å². The first-order chi connectivity index (χ1) is 27.6. The van der Waals surface area contributed by atoms with Gasteiger partial charge in [0.15, 0.2) is 0 Å². The zero-order valence-electron chi connectivity index (χ0n) is 37.5. The van der Waals surface area contributed by atoms with E-state index in [2.05, 4.69) is 187 Å². The summed E-state index contributed by atoms with van der Waals surface area (Å²) in [6.45, 7) is 14.3. The number of rotatable bonds is 5. The minimum Gasteiger partial charge on any atom is -1.00 e. The molecule has 0 unspecified atom stereocenters. The summed E-state index contributed by atoms with van der Waals surface area (Å²) >= 11 is 0. The van der Waals surface area contributed by atoms with Crippen LogP contribution in [0, 0.1) is 14.9 Å². The molecule has 0 heterocycles. The SMILES string of the molecule is CC(C)(C)c1ccc2c(c1-c1c(C(c3ccccc3)c3ccccc3)cc[c-]1-c1c(C(C)(C)C)ccc3c1Cc1ccccc1-3)Cc1ccccc1-2.[CH3-].[CH3-].[Cl-].[Cl-].[Zr+4].c1cc[cH-]c1. The summed E-state index contributed by atoms with van der Waals surface area (Å²) in [5.74, 6) is 0.0747. The van der Waals surface area contributed by atoms with E-state index >= 15 is 0 Å². The largest absolute Gasteiger partial charge is 4.00 e. The number of hydrogen-bond donors (Lipinski definition) is 0. The second kappa shape index (κ2) is 20.3. The fourth-order valence-electron chi connectivity index (χ4n) is 9.65. The predicted octanol–water partition coefficient (Wildman–Crippen LogP) is 9.97. The Bertz CT molecular complexity index is 2630. The normalized spacial score (nSPS) is 11.7. The maximum absolute atomic E-state index is 2.49. The van der Waals surface area contributed by atoms with Crippen LogP contribution in [0.3, 0.4) is 0 Å². The average molecular weight is 929 g/mol. The molecule has 8 aromatic rings. The second-order valence-electron chi connectivity index (χ2n) is 18.0. The van der Waals surface area contributed by atoms with Crippen LogP contribution >= 0.6 is 0 Å². The van der Waals surface area contributed by atoms with Crippen LogP contribution in [0.2, 0.25) is 0 Å². The summed E-state index contributed by atoms with van der Waals surface area (Å²) in [7, 11) is 0. The Morgan fingerprint density at radius 1 is 0.484 bits per heavy atom. The molecule has 314 valence electrons. The molecule has 8 aromatic carbocycles. The summed E-state index contributed by atoms with van der Waals surface area (Å²) in [6.07, 6.45) is 1.90. The Kier molecular flexibility index (Phi) is 16.4. The first-order valence-electron chi connectivity index (χ1n) is 20.7. The number of halogens is 2. The monoisotopic (exact) mass is 926 g/mol. The number of fused-ring (bicyclic) bond motifs is 6. The van der Waals surface area contributed by atoms with Crippen LogP contribution in [0.5, 0.6) is 0 Å². The van der Waals surface area contributed by atoms with E-state index in [1.165, 1.54) is 94.6 Å². The van der Waals surface area contributed by atoms with Gasteiger partial charge in [-0.2, -0.15) is 18.2 Å². The van der Waals surface area contributed by atoms with Gasteiger partial charge in [-0.15, -0.1) is 17.7 Å². The van der Waals surface area contributed by atoms with Gasteiger partial charge in [0.2, 0.25) is 0 Å². The van der Waals surface area contributed by atoms with Crippen molar-refractivity contribution in [2.75, 3.05) is 0 Å². The molecule has 0 saturated heterocycles. The van der Waals surface area contributed by atoms with Crippen molar-refractivity contribution < 1.29 is 51.0 Å². The molecule has 2 aliphatic carbocycles. The molecule has 0 N–H and O–H groups in total. The van der Waals surface area contributed by atoms with E-state index in [1.807, 2.05) is 30.3 Å². The Morgan fingerprint density at radius 2 is 0.935 bits per heavy atom. The Labute approximate surface area is 404 Å². The summed E-state index contributed by atoms with van der Waals surface area (Å²) in [5.41, 5.74) is 23.7. The van der Waals surface area contributed by atoms with Crippen molar-refractivity contribution in [2.45, 2.75) is 71.1 Å². The van der Waals surface area contributed by atoms with Crippen LogP contribution in [-0.4, -0.2) is 0 Å².